The van der Waals surface area contributed by atoms with Crippen molar-refractivity contribution in [3.05, 3.63) is 68.1 Å². The van der Waals surface area contributed by atoms with Crippen LogP contribution in [-0.4, -0.2) is 0 Å². The van der Waals surface area contributed by atoms with Gasteiger partial charge >= 0.3 is 0 Å². The molecule has 2 aromatic carbocycles. The van der Waals surface area contributed by atoms with Crippen molar-refractivity contribution in [2.45, 2.75) is 11.2 Å². The van der Waals surface area contributed by atoms with Crippen molar-refractivity contribution < 1.29 is 0 Å². The zero-order valence-corrected chi connectivity index (χ0v) is 14.0. The molecule has 1 unspecified atom stereocenters. The highest BCUT2D eigenvalue weighted by Crippen LogP contribution is 2.34. The summed E-state index contributed by atoms with van der Waals surface area (Å²) in [6, 6.07) is 13.7. The highest BCUT2D eigenvalue weighted by atomic mass is 79.9. The van der Waals surface area contributed by atoms with Gasteiger partial charge in [-0.3, -0.25) is 0 Å². The largest absolute Gasteiger partial charge is 0.0843 e. The van der Waals surface area contributed by atoms with Gasteiger partial charge in [-0.05, 0) is 41.8 Å². The first-order valence-corrected chi connectivity index (χ1v) is 7.86. The number of hydrogen-bond acceptors (Lipinski definition) is 0. The Morgan fingerprint density at radius 3 is 2.39 bits per heavy atom. The van der Waals surface area contributed by atoms with Crippen LogP contribution in [0.25, 0.3) is 0 Å². The van der Waals surface area contributed by atoms with Crippen molar-refractivity contribution >= 4 is 55.1 Å². The van der Waals surface area contributed by atoms with Crippen LogP contribution in [-0.2, 0) is 6.42 Å². The van der Waals surface area contributed by atoms with E-state index in [2.05, 4.69) is 37.9 Å². The molecule has 0 aliphatic heterocycles. The SMILES string of the molecule is Clc1cccc(CC(Br)c2ccc(Cl)cc2Br)c1. The van der Waals surface area contributed by atoms with Crippen molar-refractivity contribution in [3.8, 4) is 0 Å². The van der Waals surface area contributed by atoms with Gasteiger partial charge in [0.25, 0.3) is 0 Å². The van der Waals surface area contributed by atoms with Gasteiger partial charge < -0.3 is 0 Å². The quantitative estimate of drug-likeness (QED) is 0.513. The molecule has 0 aliphatic carbocycles. The fraction of sp³-hybridized carbons (Fsp3) is 0.143. The topological polar surface area (TPSA) is 0 Å². The molecule has 94 valence electrons. The van der Waals surface area contributed by atoms with Gasteiger partial charge in [-0.1, -0.05) is 73.3 Å². The van der Waals surface area contributed by atoms with E-state index >= 15 is 0 Å². The van der Waals surface area contributed by atoms with Crippen LogP contribution in [0, 0.1) is 0 Å². The van der Waals surface area contributed by atoms with Crippen molar-refractivity contribution in [2.75, 3.05) is 0 Å². The average Bonchev–Trinajstić information content (AvgIpc) is 2.28. The Labute approximate surface area is 134 Å². The molecule has 0 saturated carbocycles. The first-order chi connectivity index (χ1) is 8.56. The lowest BCUT2D eigenvalue weighted by Crippen LogP contribution is -1.96. The van der Waals surface area contributed by atoms with Crippen molar-refractivity contribution in [3.63, 3.8) is 0 Å². The van der Waals surface area contributed by atoms with E-state index in [1.54, 1.807) is 0 Å². The van der Waals surface area contributed by atoms with Gasteiger partial charge in [-0.15, -0.1) is 0 Å². The predicted molar refractivity (Wildman–Crippen MR) is 86.0 cm³/mol. The molecule has 0 saturated heterocycles. The first kappa shape index (κ1) is 14.4. The molecule has 18 heavy (non-hydrogen) atoms. The Morgan fingerprint density at radius 2 is 1.72 bits per heavy atom. The molecule has 0 N–H and O–H groups in total. The molecule has 0 spiro atoms. The van der Waals surface area contributed by atoms with E-state index in [-0.39, 0.29) is 4.83 Å². The van der Waals surface area contributed by atoms with Gasteiger partial charge in [0.05, 0.1) is 0 Å². The molecule has 0 fully saturated rings. The summed E-state index contributed by atoms with van der Waals surface area (Å²) in [5.41, 5.74) is 2.38. The van der Waals surface area contributed by atoms with Crippen molar-refractivity contribution in [1.29, 1.82) is 0 Å². The monoisotopic (exact) mass is 406 g/mol. The molecular weight excluding hydrogens is 399 g/mol. The van der Waals surface area contributed by atoms with E-state index < -0.39 is 0 Å². The van der Waals surface area contributed by atoms with Gasteiger partial charge in [-0.25, -0.2) is 0 Å². The minimum absolute atomic E-state index is 0.225. The molecule has 2 aromatic rings. The number of alkyl halides is 1. The molecule has 0 radical (unpaired) electrons. The normalized spacial score (nSPS) is 12.4. The maximum Gasteiger partial charge on any atom is 0.0446 e. The van der Waals surface area contributed by atoms with Crippen LogP contribution in [0.15, 0.2) is 46.9 Å². The van der Waals surface area contributed by atoms with Gasteiger partial charge in [-0.2, -0.15) is 0 Å². The minimum Gasteiger partial charge on any atom is -0.0843 e. The lowest BCUT2D eigenvalue weighted by molar-refractivity contribution is 0.943. The van der Waals surface area contributed by atoms with Gasteiger partial charge in [0.15, 0.2) is 0 Å². The van der Waals surface area contributed by atoms with E-state index in [4.69, 9.17) is 23.2 Å². The molecule has 0 aliphatic rings. The zero-order chi connectivity index (χ0) is 13.1. The number of benzene rings is 2. The summed E-state index contributed by atoms with van der Waals surface area (Å²) in [5, 5.41) is 1.50. The Bertz CT molecular complexity index is 555. The van der Waals surface area contributed by atoms with E-state index in [0.29, 0.717) is 0 Å². The predicted octanol–water partition coefficient (Wildman–Crippen LogP) is 6.43. The Balaban J connectivity index is 2.19. The van der Waals surface area contributed by atoms with Crippen LogP contribution in [0.3, 0.4) is 0 Å². The molecule has 0 aromatic heterocycles. The van der Waals surface area contributed by atoms with Crippen molar-refractivity contribution in [1.82, 2.24) is 0 Å². The number of halogens is 4. The molecular formula is C14H10Br2Cl2. The van der Waals surface area contributed by atoms with Gasteiger partial charge in [0.1, 0.15) is 0 Å². The fourth-order valence-electron chi connectivity index (χ4n) is 1.74. The standard InChI is InChI=1S/C14H10Br2Cl2/c15-13(7-9-2-1-3-10(17)6-9)12-5-4-11(18)8-14(12)16/h1-6,8,13H,7H2. The summed E-state index contributed by atoms with van der Waals surface area (Å²) in [4.78, 5) is 0.225. The average molecular weight is 409 g/mol. The molecule has 0 amide bonds. The second kappa shape index (κ2) is 6.42. The highest BCUT2D eigenvalue weighted by Gasteiger charge is 2.12. The van der Waals surface area contributed by atoms with E-state index in [9.17, 15) is 0 Å². The minimum atomic E-state index is 0.225. The lowest BCUT2D eigenvalue weighted by atomic mass is 10.0. The second-order valence-corrected chi connectivity index (χ2v) is 6.80. The van der Waals surface area contributed by atoms with E-state index in [1.807, 2.05) is 36.4 Å². The molecule has 2 rings (SSSR count). The van der Waals surface area contributed by atoms with Gasteiger partial charge in [0.2, 0.25) is 0 Å². The third-order valence-corrected chi connectivity index (χ3v) is 4.58. The maximum absolute atomic E-state index is 5.98. The third kappa shape index (κ3) is 3.74. The summed E-state index contributed by atoms with van der Waals surface area (Å²) in [7, 11) is 0. The third-order valence-electron chi connectivity index (χ3n) is 2.60. The number of hydrogen-bond donors (Lipinski definition) is 0. The molecule has 0 bridgehead atoms. The summed E-state index contributed by atoms with van der Waals surface area (Å²) < 4.78 is 1.01. The first-order valence-electron chi connectivity index (χ1n) is 5.40. The molecule has 0 nitrogen and oxygen atoms in total. The van der Waals surface area contributed by atoms with Gasteiger partial charge in [0, 0.05) is 19.3 Å². The smallest absolute Gasteiger partial charge is 0.0446 e. The van der Waals surface area contributed by atoms with Crippen LogP contribution < -0.4 is 0 Å². The second-order valence-electron chi connectivity index (χ2n) is 3.97. The molecule has 4 heteroatoms. The Morgan fingerprint density at radius 1 is 1.00 bits per heavy atom. The Kier molecular flexibility index (Phi) is 5.14. The van der Waals surface area contributed by atoms with Crippen molar-refractivity contribution in [2.24, 2.45) is 0 Å². The van der Waals surface area contributed by atoms with Crippen LogP contribution in [0.2, 0.25) is 10.0 Å². The van der Waals surface area contributed by atoms with E-state index in [0.717, 1.165) is 20.9 Å². The summed E-state index contributed by atoms with van der Waals surface area (Å²) >= 11 is 19.2. The van der Waals surface area contributed by atoms with Crippen LogP contribution in [0.5, 0.6) is 0 Å². The van der Waals surface area contributed by atoms with Crippen LogP contribution in [0.4, 0.5) is 0 Å². The summed E-state index contributed by atoms with van der Waals surface area (Å²) in [6.45, 7) is 0. The molecule has 0 heterocycles. The number of rotatable bonds is 3. The summed E-state index contributed by atoms with van der Waals surface area (Å²) in [5.74, 6) is 0. The Hall–Kier alpha value is -0.0200. The fourth-order valence-corrected chi connectivity index (χ4v) is 3.99. The highest BCUT2D eigenvalue weighted by molar-refractivity contribution is 9.11. The maximum atomic E-state index is 5.98. The lowest BCUT2D eigenvalue weighted by Gasteiger charge is -2.13. The van der Waals surface area contributed by atoms with E-state index in [1.165, 1.54) is 11.1 Å². The summed E-state index contributed by atoms with van der Waals surface area (Å²) in [6.07, 6.45) is 0.876. The van der Waals surface area contributed by atoms with Crippen LogP contribution >= 0.6 is 55.1 Å². The van der Waals surface area contributed by atoms with Crippen LogP contribution in [0.1, 0.15) is 16.0 Å². The molecule has 1 atom stereocenters. The zero-order valence-electron chi connectivity index (χ0n) is 9.34.